The largest absolute Gasteiger partial charge is 0.359 e. The lowest BCUT2D eigenvalue weighted by molar-refractivity contribution is -0.121. The number of amidine groups is 1. The normalized spacial score (nSPS) is 26.6. The number of hydrogen-bond donors (Lipinski definition) is 1. The number of carbonyl (C=O) groups is 2. The third-order valence-electron chi connectivity index (χ3n) is 5.18. The molecule has 1 aliphatic carbocycles. The van der Waals surface area contributed by atoms with Crippen LogP contribution in [0.15, 0.2) is 20.5 Å². The van der Waals surface area contributed by atoms with E-state index in [2.05, 4.69) is 36.1 Å². The summed E-state index contributed by atoms with van der Waals surface area (Å²) in [6.45, 7) is 6.87. The zero-order valence-electron chi connectivity index (χ0n) is 14.8. The van der Waals surface area contributed by atoms with Crippen molar-refractivity contribution in [3.05, 3.63) is 10.5 Å². The highest BCUT2D eigenvalue weighted by Crippen LogP contribution is 2.52. The molecule has 2 atom stereocenters. The Balaban J connectivity index is 1.74. The molecule has 0 fully saturated rings. The molecule has 130 valence electrons. The van der Waals surface area contributed by atoms with Gasteiger partial charge in [-0.05, 0) is 41.1 Å². The van der Waals surface area contributed by atoms with Crippen molar-refractivity contribution in [1.82, 2.24) is 5.32 Å². The molecule has 0 saturated heterocycles. The highest BCUT2D eigenvalue weighted by molar-refractivity contribution is 8.17. The van der Waals surface area contributed by atoms with Crippen LogP contribution < -0.4 is 5.32 Å². The van der Waals surface area contributed by atoms with Crippen LogP contribution in [0, 0.1) is 17.3 Å². The molecule has 0 bridgehead atoms. The monoisotopic (exact) mass is 347 g/mol. The minimum Gasteiger partial charge on any atom is -0.359 e. The van der Waals surface area contributed by atoms with E-state index in [1.807, 2.05) is 0 Å². The maximum Gasteiger partial charge on any atom is 0.261 e. The van der Waals surface area contributed by atoms with Crippen molar-refractivity contribution >= 4 is 34.5 Å². The zero-order chi connectivity index (χ0) is 17.5. The lowest BCUT2D eigenvalue weighted by atomic mass is 9.71. The molecule has 0 saturated carbocycles. The van der Waals surface area contributed by atoms with Crippen molar-refractivity contribution in [3.8, 4) is 0 Å². The van der Waals surface area contributed by atoms with Crippen molar-refractivity contribution in [1.29, 1.82) is 0 Å². The van der Waals surface area contributed by atoms with Crippen LogP contribution in [0.3, 0.4) is 0 Å². The van der Waals surface area contributed by atoms with E-state index in [0.29, 0.717) is 24.6 Å². The van der Waals surface area contributed by atoms with E-state index in [1.54, 1.807) is 18.8 Å². The summed E-state index contributed by atoms with van der Waals surface area (Å²) in [6.07, 6.45) is 3.88. The number of carbonyl (C=O) groups excluding carboxylic acids is 2. The van der Waals surface area contributed by atoms with Gasteiger partial charge < -0.3 is 5.32 Å². The van der Waals surface area contributed by atoms with Gasteiger partial charge >= 0.3 is 0 Å². The Morgan fingerprint density at radius 3 is 2.75 bits per heavy atom. The topological polar surface area (TPSA) is 70.9 Å². The Bertz CT molecular complexity index is 670. The van der Waals surface area contributed by atoms with Crippen LogP contribution in [0.5, 0.6) is 0 Å². The number of rotatable bonds is 3. The predicted octanol–water partition coefficient (Wildman–Crippen LogP) is 3.31. The maximum atomic E-state index is 12.5. The molecule has 24 heavy (non-hydrogen) atoms. The SMILES string of the molecule is CNC(=O)CCC1=NC(=O)C2C(=N1)SC1=C2CCC(C(C)(C)C)C1. The summed E-state index contributed by atoms with van der Waals surface area (Å²) in [4.78, 5) is 34.0. The summed E-state index contributed by atoms with van der Waals surface area (Å²) in [7, 11) is 1.61. The second-order valence-corrected chi connectivity index (χ2v) is 8.89. The van der Waals surface area contributed by atoms with E-state index in [9.17, 15) is 9.59 Å². The summed E-state index contributed by atoms with van der Waals surface area (Å²) in [5, 5.41) is 3.46. The number of nitrogens with one attached hydrogen (secondary N) is 1. The number of amides is 2. The van der Waals surface area contributed by atoms with Crippen molar-refractivity contribution in [2.45, 2.75) is 52.9 Å². The fourth-order valence-electron chi connectivity index (χ4n) is 3.56. The summed E-state index contributed by atoms with van der Waals surface area (Å²) in [6, 6.07) is 0. The Labute approximate surface area is 147 Å². The van der Waals surface area contributed by atoms with Gasteiger partial charge in [-0.3, -0.25) is 9.59 Å². The number of allylic oxidation sites excluding steroid dienone is 1. The first-order valence-electron chi connectivity index (χ1n) is 8.60. The number of fused-ring (bicyclic) bond motifs is 2. The van der Waals surface area contributed by atoms with Gasteiger partial charge in [0.05, 0.1) is 5.04 Å². The van der Waals surface area contributed by atoms with Gasteiger partial charge in [-0.25, -0.2) is 4.99 Å². The van der Waals surface area contributed by atoms with E-state index in [0.717, 1.165) is 24.3 Å². The molecule has 0 spiro atoms. The highest BCUT2D eigenvalue weighted by atomic mass is 32.2. The van der Waals surface area contributed by atoms with E-state index in [4.69, 9.17) is 0 Å². The minimum absolute atomic E-state index is 0.0583. The van der Waals surface area contributed by atoms with E-state index in [-0.39, 0.29) is 23.1 Å². The molecule has 1 N–H and O–H groups in total. The Kier molecular flexibility index (Phi) is 4.69. The first-order valence-corrected chi connectivity index (χ1v) is 9.41. The van der Waals surface area contributed by atoms with Gasteiger partial charge in [0.15, 0.2) is 0 Å². The molecule has 2 heterocycles. The molecule has 2 aliphatic heterocycles. The Hall–Kier alpha value is -1.43. The van der Waals surface area contributed by atoms with Crippen LogP contribution in [-0.2, 0) is 9.59 Å². The van der Waals surface area contributed by atoms with E-state index >= 15 is 0 Å². The molecule has 2 amide bonds. The van der Waals surface area contributed by atoms with Gasteiger partial charge in [0.25, 0.3) is 5.91 Å². The van der Waals surface area contributed by atoms with Crippen molar-refractivity contribution < 1.29 is 9.59 Å². The molecule has 0 radical (unpaired) electrons. The van der Waals surface area contributed by atoms with Crippen LogP contribution in [0.2, 0.25) is 0 Å². The smallest absolute Gasteiger partial charge is 0.261 e. The summed E-state index contributed by atoms with van der Waals surface area (Å²) in [5.74, 6) is 0.744. The quantitative estimate of drug-likeness (QED) is 0.851. The molecule has 2 unspecified atom stereocenters. The van der Waals surface area contributed by atoms with Gasteiger partial charge in [0, 0.05) is 19.9 Å². The lowest BCUT2D eigenvalue weighted by Crippen LogP contribution is -2.28. The van der Waals surface area contributed by atoms with Crippen LogP contribution in [0.1, 0.15) is 52.9 Å². The Morgan fingerprint density at radius 1 is 1.33 bits per heavy atom. The van der Waals surface area contributed by atoms with Crippen LogP contribution in [0.25, 0.3) is 0 Å². The molecule has 6 heteroatoms. The zero-order valence-corrected chi connectivity index (χ0v) is 15.6. The molecular formula is C18H25N3O2S. The van der Waals surface area contributed by atoms with Gasteiger partial charge in [0.1, 0.15) is 11.8 Å². The van der Waals surface area contributed by atoms with Crippen molar-refractivity contribution in [3.63, 3.8) is 0 Å². The highest BCUT2D eigenvalue weighted by Gasteiger charge is 2.43. The fourth-order valence-corrected chi connectivity index (χ4v) is 4.96. The molecule has 5 nitrogen and oxygen atoms in total. The van der Waals surface area contributed by atoms with E-state index < -0.39 is 0 Å². The summed E-state index contributed by atoms with van der Waals surface area (Å²) < 4.78 is 0. The molecule has 3 aliphatic rings. The van der Waals surface area contributed by atoms with Gasteiger partial charge in [0.2, 0.25) is 5.91 Å². The standard InChI is InChI=1S/C18H25N3O2S/c1-18(2,3)10-5-6-11-12(9-10)24-17-15(11)16(23)20-13(21-17)7-8-14(22)19-4/h10,15H,5-9H2,1-4H3,(H,19,22). The molecular weight excluding hydrogens is 322 g/mol. The first-order chi connectivity index (χ1) is 11.3. The van der Waals surface area contributed by atoms with Crippen LogP contribution >= 0.6 is 11.8 Å². The first kappa shape index (κ1) is 17.4. The van der Waals surface area contributed by atoms with Crippen molar-refractivity contribution in [2.24, 2.45) is 27.2 Å². The summed E-state index contributed by atoms with van der Waals surface area (Å²) >= 11 is 1.67. The molecule has 0 aromatic carbocycles. The third kappa shape index (κ3) is 3.34. The average molecular weight is 347 g/mol. The lowest BCUT2D eigenvalue weighted by Gasteiger charge is -2.34. The van der Waals surface area contributed by atoms with Crippen LogP contribution in [-0.4, -0.2) is 29.7 Å². The fraction of sp³-hybridized carbons (Fsp3) is 0.667. The molecule has 0 aromatic rings. The number of hydrogen-bond acceptors (Lipinski definition) is 4. The molecule has 0 aromatic heterocycles. The van der Waals surface area contributed by atoms with Gasteiger partial charge in [-0.15, -0.1) is 0 Å². The van der Waals surface area contributed by atoms with Crippen molar-refractivity contribution in [2.75, 3.05) is 7.05 Å². The minimum atomic E-state index is -0.241. The number of aliphatic imine (C=N–C) groups is 2. The second-order valence-electron chi connectivity index (χ2n) is 7.78. The van der Waals surface area contributed by atoms with Crippen LogP contribution in [0.4, 0.5) is 0 Å². The Morgan fingerprint density at radius 2 is 2.08 bits per heavy atom. The van der Waals surface area contributed by atoms with Gasteiger partial charge in [-0.1, -0.05) is 32.5 Å². The van der Waals surface area contributed by atoms with E-state index in [1.165, 1.54) is 10.5 Å². The predicted molar refractivity (Wildman–Crippen MR) is 98.1 cm³/mol. The third-order valence-corrected chi connectivity index (χ3v) is 6.39. The molecule has 3 rings (SSSR count). The maximum absolute atomic E-state index is 12.5. The summed E-state index contributed by atoms with van der Waals surface area (Å²) in [5.41, 5.74) is 1.53. The second kappa shape index (κ2) is 6.47. The number of thioether (sulfide) groups is 1. The number of nitrogens with zero attached hydrogens (tertiary/aromatic N) is 2. The van der Waals surface area contributed by atoms with Gasteiger partial charge in [-0.2, -0.15) is 4.99 Å². The average Bonchev–Trinajstić information content (AvgIpc) is 2.89.